The normalized spacial score (nSPS) is 15.8. The summed E-state index contributed by atoms with van der Waals surface area (Å²) in [6.45, 7) is 4.62. The molecule has 5 heterocycles. The first-order valence-electron chi connectivity index (χ1n) is 8.15. The van der Waals surface area contributed by atoms with Gasteiger partial charge in [0.05, 0.1) is 33.0 Å². The molecule has 0 amide bonds. The molecule has 3 nitrogen and oxygen atoms in total. The number of nitrogens with zero attached hydrogens (tertiary/aromatic N) is 3. The van der Waals surface area contributed by atoms with Crippen molar-refractivity contribution in [1.29, 1.82) is 0 Å². The van der Waals surface area contributed by atoms with Crippen LogP contribution < -0.4 is 5.35 Å². The predicted molar refractivity (Wildman–Crippen MR) is 100 cm³/mol. The fraction of sp³-hybridized carbons (Fsp3) is 0.150. The van der Waals surface area contributed by atoms with Gasteiger partial charge in [-0.25, -0.2) is 0 Å². The lowest BCUT2D eigenvalue weighted by Crippen LogP contribution is -2.17. The summed E-state index contributed by atoms with van der Waals surface area (Å²) >= 11 is 1.84. The van der Waals surface area contributed by atoms with E-state index in [1.807, 2.05) is 29.8 Å². The standard InChI is InChI=1S/C20H15N3S/c1-20(2)9-14-17-16-15(23(14)12-5-3-7-21-10-12)11-24-18(16)13-6-4-8-22(13)19(17)20/h3-11H,1-2H3. The number of hydrogen-bond donors (Lipinski definition) is 0. The number of pyridine rings is 2. The molecule has 0 spiro atoms. The van der Waals surface area contributed by atoms with Gasteiger partial charge in [-0.2, -0.15) is 0 Å². The van der Waals surface area contributed by atoms with Crippen LogP contribution in [0.2, 0.25) is 0 Å². The largest absolute Gasteiger partial charge is 0.318 e. The second-order valence-electron chi connectivity index (χ2n) is 7.11. The maximum absolute atomic E-state index is 4.34. The second kappa shape index (κ2) is 3.90. The predicted octanol–water partition coefficient (Wildman–Crippen LogP) is 4.28. The molecule has 0 saturated carbocycles. The zero-order valence-electron chi connectivity index (χ0n) is 13.4. The molecule has 5 aromatic heterocycles. The van der Waals surface area contributed by atoms with Crippen LogP contribution in [0.5, 0.6) is 0 Å². The van der Waals surface area contributed by atoms with Crippen LogP contribution in [0.3, 0.4) is 0 Å². The van der Waals surface area contributed by atoms with Crippen molar-refractivity contribution >= 4 is 43.9 Å². The van der Waals surface area contributed by atoms with Gasteiger partial charge in [-0.1, -0.05) is 13.8 Å². The minimum absolute atomic E-state index is 0.0101. The lowest BCUT2D eigenvalue weighted by molar-refractivity contribution is 0.688. The van der Waals surface area contributed by atoms with Gasteiger partial charge in [0.15, 0.2) is 0 Å². The van der Waals surface area contributed by atoms with E-state index in [1.165, 1.54) is 37.5 Å². The minimum atomic E-state index is 0.0101. The molecule has 0 aliphatic heterocycles. The molecule has 24 heavy (non-hydrogen) atoms. The third kappa shape index (κ3) is 1.29. The van der Waals surface area contributed by atoms with E-state index in [-0.39, 0.29) is 5.41 Å². The molecule has 0 fully saturated rings. The molecule has 5 aromatic rings. The van der Waals surface area contributed by atoms with Crippen molar-refractivity contribution in [1.82, 2.24) is 14.0 Å². The SMILES string of the molecule is CC1(C)C=c2c3c1n1cccc1c1scc(c31)n2-c1cccnc1. The Morgan fingerprint density at radius 2 is 2.00 bits per heavy atom. The van der Waals surface area contributed by atoms with Gasteiger partial charge in [0.2, 0.25) is 0 Å². The average Bonchev–Trinajstić information content (AvgIpc) is 3.29. The van der Waals surface area contributed by atoms with Gasteiger partial charge < -0.3 is 8.97 Å². The summed E-state index contributed by atoms with van der Waals surface area (Å²) in [7, 11) is 0. The quantitative estimate of drug-likeness (QED) is 0.450. The van der Waals surface area contributed by atoms with Crippen LogP contribution in [0.15, 0.2) is 48.2 Å². The van der Waals surface area contributed by atoms with E-state index >= 15 is 0 Å². The molecule has 4 heteroatoms. The summed E-state index contributed by atoms with van der Waals surface area (Å²) in [5.74, 6) is 0. The highest BCUT2D eigenvalue weighted by Crippen LogP contribution is 2.44. The fourth-order valence-corrected chi connectivity index (χ4v) is 5.44. The van der Waals surface area contributed by atoms with Crippen LogP contribution in [0, 0.1) is 0 Å². The molecule has 0 radical (unpaired) electrons. The molecule has 1 aliphatic rings. The van der Waals surface area contributed by atoms with E-state index in [2.05, 4.69) is 63.7 Å². The van der Waals surface area contributed by atoms with Crippen molar-refractivity contribution in [2.24, 2.45) is 0 Å². The lowest BCUT2D eigenvalue weighted by Gasteiger charge is -2.20. The van der Waals surface area contributed by atoms with E-state index in [9.17, 15) is 0 Å². The Balaban J connectivity index is 1.97. The van der Waals surface area contributed by atoms with Gasteiger partial charge in [0.1, 0.15) is 0 Å². The number of thiophene rings is 1. The molecule has 0 unspecified atom stereocenters. The molecular weight excluding hydrogens is 314 g/mol. The number of rotatable bonds is 1. The number of aromatic nitrogens is 3. The number of fused-ring (bicyclic) bond motifs is 3. The highest BCUT2D eigenvalue weighted by Gasteiger charge is 2.33. The average molecular weight is 329 g/mol. The minimum Gasteiger partial charge on any atom is -0.318 e. The van der Waals surface area contributed by atoms with Crippen molar-refractivity contribution in [2.45, 2.75) is 19.3 Å². The van der Waals surface area contributed by atoms with E-state index < -0.39 is 0 Å². The van der Waals surface area contributed by atoms with Gasteiger partial charge in [-0.15, -0.1) is 11.3 Å². The van der Waals surface area contributed by atoms with Crippen LogP contribution in [0.25, 0.3) is 38.3 Å². The summed E-state index contributed by atoms with van der Waals surface area (Å²) in [5, 5.41) is 6.40. The van der Waals surface area contributed by atoms with Crippen LogP contribution in [0.1, 0.15) is 19.5 Å². The van der Waals surface area contributed by atoms with Crippen molar-refractivity contribution in [2.75, 3.05) is 0 Å². The Kier molecular flexibility index (Phi) is 2.08. The van der Waals surface area contributed by atoms with E-state index in [4.69, 9.17) is 0 Å². The third-order valence-corrected chi connectivity index (χ3v) is 6.22. The van der Waals surface area contributed by atoms with E-state index in [0.717, 1.165) is 5.69 Å². The van der Waals surface area contributed by atoms with Crippen LogP contribution in [-0.2, 0) is 5.41 Å². The fourth-order valence-electron chi connectivity index (χ4n) is 4.38. The molecule has 0 N–H and O–H groups in total. The monoisotopic (exact) mass is 329 g/mol. The molecule has 6 rings (SSSR count). The van der Waals surface area contributed by atoms with Gasteiger partial charge in [0, 0.05) is 39.7 Å². The highest BCUT2D eigenvalue weighted by atomic mass is 32.1. The van der Waals surface area contributed by atoms with E-state index in [0.29, 0.717) is 0 Å². The Labute approximate surface area is 142 Å². The van der Waals surface area contributed by atoms with Gasteiger partial charge in [0.25, 0.3) is 0 Å². The summed E-state index contributed by atoms with van der Waals surface area (Å²) < 4.78 is 6.14. The lowest BCUT2D eigenvalue weighted by atomic mass is 9.90. The Bertz CT molecular complexity index is 1320. The molecule has 1 aliphatic carbocycles. The molecular formula is C20H15N3S. The maximum atomic E-state index is 4.34. The first-order valence-corrected chi connectivity index (χ1v) is 9.03. The van der Waals surface area contributed by atoms with Crippen LogP contribution in [0.4, 0.5) is 0 Å². The summed E-state index contributed by atoms with van der Waals surface area (Å²) in [4.78, 5) is 4.34. The summed E-state index contributed by atoms with van der Waals surface area (Å²) in [5.41, 5.74) is 5.15. The first kappa shape index (κ1) is 12.8. The first-order chi connectivity index (χ1) is 11.7. The number of hydrogen-bond acceptors (Lipinski definition) is 2. The highest BCUT2D eigenvalue weighted by molar-refractivity contribution is 7.19. The molecule has 0 bridgehead atoms. The van der Waals surface area contributed by atoms with Crippen molar-refractivity contribution in [3.05, 3.63) is 59.3 Å². The summed E-state index contributed by atoms with van der Waals surface area (Å²) in [6, 6.07) is 8.54. The van der Waals surface area contributed by atoms with Crippen molar-refractivity contribution < 1.29 is 0 Å². The van der Waals surface area contributed by atoms with Crippen LogP contribution >= 0.6 is 11.3 Å². The molecule has 0 aromatic carbocycles. The smallest absolute Gasteiger partial charge is 0.0656 e. The third-order valence-electron chi connectivity index (χ3n) is 5.23. The van der Waals surface area contributed by atoms with Gasteiger partial charge in [-0.3, -0.25) is 4.98 Å². The van der Waals surface area contributed by atoms with Crippen molar-refractivity contribution in [3.63, 3.8) is 0 Å². The van der Waals surface area contributed by atoms with Gasteiger partial charge >= 0.3 is 0 Å². The zero-order chi connectivity index (χ0) is 16.1. The maximum Gasteiger partial charge on any atom is 0.0656 e. The van der Waals surface area contributed by atoms with Crippen LogP contribution in [-0.4, -0.2) is 14.0 Å². The van der Waals surface area contributed by atoms with Gasteiger partial charge in [-0.05, 0) is 30.3 Å². The Hall–Kier alpha value is -2.59. The second-order valence-corrected chi connectivity index (χ2v) is 7.99. The zero-order valence-corrected chi connectivity index (χ0v) is 14.3. The topological polar surface area (TPSA) is 22.2 Å². The molecule has 0 atom stereocenters. The molecule has 0 saturated heterocycles. The Morgan fingerprint density at radius 1 is 1.08 bits per heavy atom. The van der Waals surface area contributed by atoms with Crippen molar-refractivity contribution in [3.8, 4) is 5.69 Å². The summed E-state index contributed by atoms with van der Waals surface area (Å²) in [6.07, 6.45) is 8.39. The Morgan fingerprint density at radius 3 is 2.83 bits per heavy atom. The van der Waals surface area contributed by atoms with E-state index in [1.54, 1.807) is 0 Å². The molecule has 116 valence electrons.